The highest BCUT2D eigenvalue weighted by molar-refractivity contribution is 6.08. The number of hydrogen-bond donors (Lipinski definition) is 1. The number of ketones is 1. The maximum atomic E-state index is 13.2. The molecule has 0 aliphatic rings. The van der Waals surface area contributed by atoms with Crippen LogP contribution >= 0.6 is 0 Å². The Morgan fingerprint density at radius 3 is 3.04 bits per heavy atom. The molecule has 128 valence electrons. The first-order chi connectivity index (χ1) is 12.1. The van der Waals surface area contributed by atoms with Crippen molar-refractivity contribution in [2.24, 2.45) is 0 Å². The molecule has 3 rings (SSSR count). The molecule has 1 aromatic carbocycles. The molecular formula is C18H17FN4O2. The van der Waals surface area contributed by atoms with Gasteiger partial charge >= 0.3 is 0 Å². The molecule has 0 amide bonds. The Hall–Kier alpha value is -3.22. The number of aryl methyl sites for hydroxylation is 1. The summed E-state index contributed by atoms with van der Waals surface area (Å²) in [6.07, 6.45) is 6.75. The minimum atomic E-state index is -0.297. The molecule has 0 saturated carbocycles. The first-order valence-corrected chi connectivity index (χ1v) is 7.80. The standard InChI is InChI=1S/C18H17FN4O2/c1-2-12-10-13(19)5-6-16(12)25-9-3-4-15(24)14-11-21-23-8-7-17(20)22-18(14)23/h3-8,10-11H,2,9H2,1H3,(H2,20,22)/b4-3+. The van der Waals surface area contributed by atoms with Gasteiger partial charge in [-0.1, -0.05) is 6.92 Å². The lowest BCUT2D eigenvalue weighted by Crippen LogP contribution is -2.01. The number of fused-ring (bicyclic) bond motifs is 1. The molecule has 0 aliphatic heterocycles. The molecule has 0 unspecified atom stereocenters. The lowest BCUT2D eigenvalue weighted by Gasteiger charge is -2.08. The maximum absolute atomic E-state index is 13.2. The van der Waals surface area contributed by atoms with Crippen LogP contribution in [0.15, 0.2) is 48.8 Å². The van der Waals surface area contributed by atoms with E-state index in [1.165, 1.54) is 28.9 Å². The topological polar surface area (TPSA) is 82.5 Å². The average Bonchev–Trinajstić information content (AvgIpc) is 3.02. The van der Waals surface area contributed by atoms with Gasteiger partial charge in [0.2, 0.25) is 0 Å². The summed E-state index contributed by atoms with van der Waals surface area (Å²) in [5.41, 5.74) is 7.19. The molecule has 0 radical (unpaired) electrons. The second-order valence-electron chi connectivity index (χ2n) is 5.36. The molecule has 0 bridgehead atoms. The number of nitrogen functional groups attached to an aromatic ring is 1. The highest BCUT2D eigenvalue weighted by atomic mass is 19.1. The Bertz CT molecular complexity index is 949. The number of carbonyl (C=O) groups excluding carboxylic acids is 1. The van der Waals surface area contributed by atoms with E-state index in [1.807, 2.05) is 6.92 Å². The van der Waals surface area contributed by atoms with Gasteiger partial charge in [-0.3, -0.25) is 4.79 Å². The predicted octanol–water partition coefficient (Wildman–Crippen LogP) is 2.83. The first-order valence-electron chi connectivity index (χ1n) is 7.80. The molecule has 2 heterocycles. The van der Waals surface area contributed by atoms with E-state index in [4.69, 9.17) is 10.5 Å². The summed E-state index contributed by atoms with van der Waals surface area (Å²) < 4.78 is 20.3. The number of ether oxygens (including phenoxy) is 1. The Morgan fingerprint density at radius 1 is 1.40 bits per heavy atom. The molecule has 6 nitrogen and oxygen atoms in total. The molecule has 0 aliphatic carbocycles. The van der Waals surface area contributed by atoms with Gasteiger partial charge in [0.25, 0.3) is 0 Å². The Kier molecular flexibility index (Phi) is 4.74. The molecule has 0 atom stereocenters. The third-order valence-corrected chi connectivity index (χ3v) is 3.66. The fourth-order valence-electron chi connectivity index (χ4n) is 2.40. The SMILES string of the molecule is CCc1cc(F)ccc1OC/C=C/C(=O)c1cnn2ccc(N)nc12. The third kappa shape index (κ3) is 3.65. The van der Waals surface area contributed by atoms with E-state index in [1.54, 1.807) is 24.4 Å². The Morgan fingerprint density at radius 2 is 2.24 bits per heavy atom. The van der Waals surface area contributed by atoms with Gasteiger partial charge in [-0.15, -0.1) is 0 Å². The largest absolute Gasteiger partial charge is 0.489 e. The molecule has 0 fully saturated rings. The van der Waals surface area contributed by atoms with E-state index >= 15 is 0 Å². The summed E-state index contributed by atoms with van der Waals surface area (Å²) in [5, 5.41) is 4.06. The average molecular weight is 340 g/mol. The number of allylic oxidation sites excluding steroid dienone is 1. The third-order valence-electron chi connectivity index (χ3n) is 3.66. The van der Waals surface area contributed by atoms with Crippen molar-refractivity contribution in [2.45, 2.75) is 13.3 Å². The van der Waals surface area contributed by atoms with E-state index in [-0.39, 0.29) is 18.2 Å². The van der Waals surface area contributed by atoms with Gasteiger partial charge in [-0.05, 0) is 48.4 Å². The molecule has 3 aromatic rings. The summed E-state index contributed by atoms with van der Waals surface area (Å²) in [4.78, 5) is 16.4. The van der Waals surface area contributed by atoms with Crippen LogP contribution in [0.2, 0.25) is 0 Å². The summed E-state index contributed by atoms with van der Waals surface area (Å²) in [6, 6.07) is 5.98. The van der Waals surface area contributed by atoms with Crippen LogP contribution in [0.25, 0.3) is 5.65 Å². The molecule has 7 heteroatoms. The van der Waals surface area contributed by atoms with Crippen molar-refractivity contribution < 1.29 is 13.9 Å². The van der Waals surface area contributed by atoms with Gasteiger partial charge in [0, 0.05) is 6.20 Å². The maximum Gasteiger partial charge on any atom is 0.191 e. The fourth-order valence-corrected chi connectivity index (χ4v) is 2.40. The Balaban J connectivity index is 1.68. The van der Waals surface area contributed by atoms with Gasteiger partial charge in [-0.2, -0.15) is 5.10 Å². The van der Waals surface area contributed by atoms with Crippen LogP contribution in [0.4, 0.5) is 10.2 Å². The quantitative estimate of drug-likeness (QED) is 0.551. The van der Waals surface area contributed by atoms with Crippen LogP contribution < -0.4 is 10.5 Å². The summed E-state index contributed by atoms with van der Waals surface area (Å²) in [6.45, 7) is 2.12. The van der Waals surface area contributed by atoms with E-state index in [9.17, 15) is 9.18 Å². The van der Waals surface area contributed by atoms with Crippen molar-refractivity contribution in [2.75, 3.05) is 12.3 Å². The summed E-state index contributed by atoms with van der Waals surface area (Å²) in [5.74, 6) is 0.380. The van der Waals surface area contributed by atoms with Crippen LogP contribution in [0.5, 0.6) is 5.75 Å². The molecule has 2 N–H and O–H groups in total. The van der Waals surface area contributed by atoms with Crippen molar-refractivity contribution in [3.63, 3.8) is 0 Å². The van der Waals surface area contributed by atoms with Gasteiger partial charge in [0.1, 0.15) is 24.0 Å². The first kappa shape index (κ1) is 16.6. The molecule has 0 spiro atoms. The number of nitrogens with zero attached hydrogens (tertiary/aromatic N) is 3. The summed E-state index contributed by atoms with van der Waals surface area (Å²) in [7, 11) is 0. The number of halogens is 1. The number of anilines is 1. The zero-order valence-corrected chi connectivity index (χ0v) is 13.6. The number of benzene rings is 1. The molecule has 0 saturated heterocycles. The van der Waals surface area contributed by atoms with Crippen LogP contribution in [0.3, 0.4) is 0 Å². The highest BCUT2D eigenvalue weighted by Crippen LogP contribution is 2.20. The minimum Gasteiger partial charge on any atom is -0.489 e. The molecule has 2 aromatic heterocycles. The van der Waals surface area contributed by atoms with Crippen molar-refractivity contribution in [1.29, 1.82) is 0 Å². The number of aromatic nitrogens is 3. The second-order valence-corrected chi connectivity index (χ2v) is 5.36. The van der Waals surface area contributed by atoms with Crippen LogP contribution in [0, 0.1) is 5.82 Å². The lowest BCUT2D eigenvalue weighted by atomic mass is 10.1. The number of nitrogens with two attached hydrogens (primary N) is 1. The zero-order valence-electron chi connectivity index (χ0n) is 13.6. The predicted molar refractivity (Wildman–Crippen MR) is 92.1 cm³/mol. The van der Waals surface area contributed by atoms with E-state index in [2.05, 4.69) is 10.1 Å². The monoisotopic (exact) mass is 340 g/mol. The minimum absolute atomic E-state index is 0.194. The van der Waals surface area contributed by atoms with Crippen LogP contribution in [-0.4, -0.2) is 27.0 Å². The van der Waals surface area contributed by atoms with Gasteiger partial charge in [0.15, 0.2) is 11.4 Å². The van der Waals surface area contributed by atoms with Crippen LogP contribution in [-0.2, 0) is 6.42 Å². The van der Waals surface area contributed by atoms with Crippen molar-refractivity contribution >= 4 is 17.2 Å². The van der Waals surface area contributed by atoms with E-state index in [0.29, 0.717) is 29.2 Å². The van der Waals surface area contributed by atoms with Gasteiger partial charge in [0.05, 0.1) is 11.8 Å². The highest BCUT2D eigenvalue weighted by Gasteiger charge is 2.11. The smallest absolute Gasteiger partial charge is 0.191 e. The fraction of sp³-hybridized carbons (Fsp3) is 0.167. The van der Waals surface area contributed by atoms with E-state index in [0.717, 1.165) is 5.56 Å². The van der Waals surface area contributed by atoms with Crippen LogP contribution in [0.1, 0.15) is 22.8 Å². The van der Waals surface area contributed by atoms with E-state index < -0.39 is 0 Å². The van der Waals surface area contributed by atoms with Crippen molar-refractivity contribution in [1.82, 2.24) is 14.6 Å². The number of hydrogen-bond acceptors (Lipinski definition) is 5. The van der Waals surface area contributed by atoms with Gasteiger partial charge in [-0.25, -0.2) is 13.9 Å². The number of rotatable bonds is 6. The summed E-state index contributed by atoms with van der Waals surface area (Å²) >= 11 is 0. The number of carbonyl (C=O) groups is 1. The molecule has 25 heavy (non-hydrogen) atoms. The normalized spacial score (nSPS) is 11.3. The second kappa shape index (κ2) is 7.12. The Labute approximate surface area is 143 Å². The zero-order chi connectivity index (χ0) is 17.8. The van der Waals surface area contributed by atoms with Crippen molar-refractivity contribution in [3.8, 4) is 5.75 Å². The molecular weight excluding hydrogens is 323 g/mol. The van der Waals surface area contributed by atoms with Crippen molar-refractivity contribution in [3.05, 3.63) is 65.8 Å². The van der Waals surface area contributed by atoms with Gasteiger partial charge < -0.3 is 10.5 Å². The lowest BCUT2D eigenvalue weighted by molar-refractivity contribution is 0.104.